The molecule has 96 valence electrons. The van der Waals surface area contributed by atoms with Gasteiger partial charge in [-0.2, -0.15) is 5.10 Å². The van der Waals surface area contributed by atoms with Crippen molar-refractivity contribution in [1.82, 2.24) is 14.6 Å². The van der Waals surface area contributed by atoms with Crippen LogP contribution in [0.1, 0.15) is 42.7 Å². The number of aromatic nitrogens is 3. The first-order valence-corrected chi connectivity index (χ1v) is 6.13. The van der Waals surface area contributed by atoms with Crippen LogP contribution in [0.2, 0.25) is 5.15 Å². The van der Waals surface area contributed by atoms with Crippen molar-refractivity contribution in [3.05, 3.63) is 28.7 Å². The molecule has 2 aromatic rings. The van der Waals surface area contributed by atoms with E-state index < -0.39 is 0 Å². The van der Waals surface area contributed by atoms with E-state index in [0.717, 1.165) is 5.69 Å². The van der Waals surface area contributed by atoms with Gasteiger partial charge in [0.2, 0.25) is 0 Å². The number of halogens is 1. The molecule has 2 heterocycles. The molecule has 0 atom stereocenters. The molecule has 0 amide bonds. The van der Waals surface area contributed by atoms with Gasteiger partial charge in [0.1, 0.15) is 0 Å². The van der Waals surface area contributed by atoms with Crippen LogP contribution in [0.4, 0.5) is 0 Å². The highest BCUT2D eigenvalue weighted by atomic mass is 35.5. The summed E-state index contributed by atoms with van der Waals surface area (Å²) >= 11 is 5.86. The van der Waals surface area contributed by atoms with Crippen molar-refractivity contribution in [2.24, 2.45) is 0 Å². The smallest absolute Gasteiger partial charge is 0.341 e. The Balaban J connectivity index is 2.66. The standard InChI is InChI=1S/C12H14ClN3O2/c1-4-18-12(17)8-6-14-10-5-9(13)15-16(10)11(8)7(2)3/h5-7H,4H2,1-3H3. The van der Waals surface area contributed by atoms with Crippen LogP contribution >= 0.6 is 11.6 Å². The third-order valence-corrected chi connectivity index (χ3v) is 2.72. The second-order valence-electron chi connectivity index (χ2n) is 4.17. The zero-order chi connectivity index (χ0) is 13.3. The number of carbonyl (C=O) groups excluding carboxylic acids is 1. The Morgan fingerprint density at radius 1 is 1.56 bits per heavy atom. The van der Waals surface area contributed by atoms with E-state index >= 15 is 0 Å². The molecule has 0 bridgehead atoms. The van der Waals surface area contributed by atoms with Crippen LogP contribution in [0.25, 0.3) is 5.65 Å². The number of rotatable bonds is 3. The normalized spacial score (nSPS) is 11.2. The van der Waals surface area contributed by atoms with Gasteiger partial charge in [-0.05, 0) is 12.8 Å². The van der Waals surface area contributed by atoms with Crippen LogP contribution < -0.4 is 0 Å². The van der Waals surface area contributed by atoms with Crippen molar-refractivity contribution in [2.45, 2.75) is 26.7 Å². The lowest BCUT2D eigenvalue weighted by molar-refractivity contribution is 0.0523. The van der Waals surface area contributed by atoms with E-state index in [9.17, 15) is 4.79 Å². The Hall–Kier alpha value is -1.62. The summed E-state index contributed by atoms with van der Waals surface area (Å²) in [4.78, 5) is 16.0. The van der Waals surface area contributed by atoms with Crippen LogP contribution in [0.3, 0.4) is 0 Å². The Morgan fingerprint density at radius 3 is 2.89 bits per heavy atom. The SMILES string of the molecule is CCOC(=O)c1cnc2cc(Cl)nn2c1C(C)C. The molecule has 0 saturated heterocycles. The number of esters is 1. The van der Waals surface area contributed by atoms with Crippen LogP contribution in [0.15, 0.2) is 12.3 Å². The second kappa shape index (κ2) is 4.94. The predicted octanol–water partition coefficient (Wildman–Crippen LogP) is 2.68. The second-order valence-corrected chi connectivity index (χ2v) is 4.56. The molecular formula is C12H14ClN3O2. The molecule has 6 heteroatoms. The third-order valence-electron chi connectivity index (χ3n) is 2.53. The van der Waals surface area contributed by atoms with Crippen LogP contribution in [0.5, 0.6) is 0 Å². The summed E-state index contributed by atoms with van der Waals surface area (Å²) in [5.74, 6) is -0.284. The molecule has 0 aliphatic carbocycles. The first kappa shape index (κ1) is 12.8. The minimum atomic E-state index is -0.387. The van der Waals surface area contributed by atoms with Gasteiger partial charge in [0.05, 0.1) is 17.9 Å². The van der Waals surface area contributed by atoms with Gasteiger partial charge in [-0.1, -0.05) is 25.4 Å². The van der Waals surface area contributed by atoms with E-state index in [1.165, 1.54) is 6.20 Å². The molecule has 0 saturated carbocycles. The Bertz CT molecular complexity index is 592. The molecule has 0 N–H and O–H groups in total. The van der Waals surface area contributed by atoms with Gasteiger partial charge >= 0.3 is 5.97 Å². The summed E-state index contributed by atoms with van der Waals surface area (Å²) in [6.45, 7) is 6.05. The molecule has 2 rings (SSSR count). The highest BCUT2D eigenvalue weighted by molar-refractivity contribution is 6.29. The van der Waals surface area contributed by atoms with E-state index in [1.807, 2.05) is 13.8 Å². The van der Waals surface area contributed by atoms with E-state index in [2.05, 4.69) is 10.1 Å². The fourth-order valence-electron chi connectivity index (χ4n) is 1.85. The van der Waals surface area contributed by atoms with E-state index in [4.69, 9.17) is 16.3 Å². The summed E-state index contributed by atoms with van der Waals surface area (Å²) in [6.07, 6.45) is 1.51. The topological polar surface area (TPSA) is 56.5 Å². The lowest BCUT2D eigenvalue weighted by atomic mass is 10.1. The first-order chi connectivity index (χ1) is 8.54. The largest absolute Gasteiger partial charge is 0.462 e. The molecule has 2 aromatic heterocycles. The fourth-order valence-corrected chi connectivity index (χ4v) is 2.02. The monoisotopic (exact) mass is 267 g/mol. The van der Waals surface area contributed by atoms with Crippen molar-refractivity contribution in [3.63, 3.8) is 0 Å². The van der Waals surface area contributed by atoms with E-state index in [1.54, 1.807) is 17.5 Å². The summed E-state index contributed by atoms with van der Waals surface area (Å²) in [5.41, 5.74) is 1.81. The summed E-state index contributed by atoms with van der Waals surface area (Å²) in [6, 6.07) is 1.66. The van der Waals surface area contributed by atoms with Gasteiger partial charge in [-0.3, -0.25) is 0 Å². The van der Waals surface area contributed by atoms with Gasteiger partial charge in [0, 0.05) is 12.3 Å². The Kier molecular flexibility index (Phi) is 3.52. The maximum absolute atomic E-state index is 11.9. The molecule has 0 aromatic carbocycles. The molecule has 0 fully saturated rings. The molecule has 0 radical (unpaired) electrons. The number of ether oxygens (including phenoxy) is 1. The van der Waals surface area contributed by atoms with Crippen molar-refractivity contribution >= 4 is 23.2 Å². The molecule has 18 heavy (non-hydrogen) atoms. The molecule has 0 spiro atoms. The average Bonchev–Trinajstić information content (AvgIpc) is 2.67. The van der Waals surface area contributed by atoms with Crippen molar-refractivity contribution in [2.75, 3.05) is 6.61 Å². The molecule has 5 nitrogen and oxygen atoms in total. The van der Waals surface area contributed by atoms with Crippen LogP contribution in [-0.4, -0.2) is 27.2 Å². The lowest BCUT2D eigenvalue weighted by Gasteiger charge is -2.12. The average molecular weight is 268 g/mol. The van der Waals surface area contributed by atoms with Gasteiger partial charge < -0.3 is 4.74 Å². The zero-order valence-electron chi connectivity index (χ0n) is 10.5. The Labute approximate surface area is 110 Å². The highest BCUT2D eigenvalue weighted by Crippen LogP contribution is 2.22. The fraction of sp³-hybridized carbons (Fsp3) is 0.417. The maximum atomic E-state index is 11.9. The number of carbonyl (C=O) groups is 1. The summed E-state index contributed by atoms with van der Waals surface area (Å²) in [5, 5.41) is 4.50. The Morgan fingerprint density at radius 2 is 2.28 bits per heavy atom. The van der Waals surface area contributed by atoms with E-state index in [0.29, 0.717) is 23.0 Å². The first-order valence-electron chi connectivity index (χ1n) is 5.76. The number of fused-ring (bicyclic) bond motifs is 1. The quantitative estimate of drug-likeness (QED) is 0.803. The minimum absolute atomic E-state index is 0.103. The highest BCUT2D eigenvalue weighted by Gasteiger charge is 2.20. The minimum Gasteiger partial charge on any atom is -0.462 e. The maximum Gasteiger partial charge on any atom is 0.341 e. The van der Waals surface area contributed by atoms with Crippen molar-refractivity contribution in [1.29, 1.82) is 0 Å². The predicted molar refractivity (Wildman–Crippen MR) is 68.0 cm³/mol. The molecule has 0 unspecified atom stereocenters. The van der Waals surface area contributed by atoms with Crippen molar-refractivity contribution < 1.29 is 9.53 Å². The third kappa shape index (κ3) is 2.18. The molecule has 0 aliphatic rings. The van der Waals surface area contributed by atoms with Gasteiger partial charge in [0.15, 0.2) is 10.8 Å². The molecular weight excluding hydrogens is 254 g/mol. The van der Waals surface area contributed by atoms with Crippen LogP contribution in [-0.2, 0) is 4.74 Å². The van der Waals surface area contributed by atoms with Crippen LogP contribution in [0, 0.1) is 0 Å². The van der Waals surface area contributed by atoms with Gasteiger partial charge in [-0.25, -0.2) is 14.3 Å². The van der Waals surface area contributed by atoms with E-state index in [-0.39, 0.29) is 11.9 Å². The number of hydrogen-bond donors (Lipinski definition) is 0. The number of nitrogens with zero attached hydrogens (tertiary/aromatic N) is 3. The van der Waals surface area contributed by atoms with Gasteiger partial charge in [0.25, 0.3) is 0 Å². The summed E-state index contributed by atoms with van der Waals surface area (Å²) < 4.78 is 6.62. The molecule has 0 aliphatic heterocycles. The van der Waals surface area contributed by atoms with Gasteiger partial charge in [-0.15, -0.1) is 0 Å². The summed E-state index contributed by atoms with van der Waals surface area (Å²) in [7, 11) is 0. The van der Waals surface area contributed by atoms with Crippen molar-refractivity contribution in [3.8, 4) is 0 Å². The number of hydrogen-bond acceptors (Lipinski definition) is 4. The zero-order valence-corrected chi connectivity index (χ0v) is 11.2. The lowest BCUT2D eigenvalue weighted by Crippen LogP contribution is -2.14.